The Hall–Kier alpha value is -1.58. The summed E-state index contributed by atoms with van der Waals surface area (Å²) in [4.78, 5) is 0. The zero-order chi connectivity index (χ0) is 12.5. The van der Waals surface area contributed by atoms with Crippen molar-refractivity contribution in [1.82, 2.24) is 0 Å². The van der Waals surface area contributed by atoms with Crippen LogP contribution in [0.3, 0.4) is 0 Å². The number of hydrogen-bond acceptors (Lipinski definition) is 2. The molecule has 0 radical (unpaired) electrons. The van der Waals surface area contributed by atoms with Gasteiger partial charge in [-0.3, -0.25) is 0 Å². The van der Waals surface area contributed by atoms with Gasteiger partial charge >= 0.3 is 0 Å². The largest absolute Gasteiger partial charge is 0.458 e. The SMILES string of the molecule is OC(c1cccc(Br)c1)c1cc2ccccc2o1. The van der Waals surface area contributed by atoms with Crippen LogP contribution in [0.25, 0.3) is 11.0 Å². The van der Waals surface area contributed by atoms with Crippen molar-refractivity contribution < 1.29 is 9.52 Å². The lowest BCUT2D eigenvalue weighted by Gasteiger charge is -2.07. The van der Waals surface area contributed by atoms with Crippen LogP contribution in [0.15, 0.2) is 63.5 Å². The van der Waals surface area contributed by atoms with E-state index in [0.717, 1.165) is 21.0 Å². The van der Waals surface area contributed by atoms with E-state index in [9.17, 15) is 5.11 Å². The third kappa shape index (κ3) is 2.07. The number of hydrogen-bond donors (Lipinski definition) is 1. The Morgan fingerprint density at radius 1 is 1.00 bits per heavy atom. The molecular weight excluding hydrogens is 292 g/mol. The fraction of sp³-hybridized carbons (Fsp3) is 0.0667. The molecule has 0 aliphatic heterocycles. The summed E-state index contributed by atoms with van der Waals surface area (Å²) in [5.74, 6) is 0.564. The van der Waals surface area contributed by atoms with Crippen LogP contribution in [0, 0.1) is 0 Å². The summed E-state index contributed by atoms with van der Waals surface area (Å²) in [6, 6.07) is 17.2. The summed E-state index contributed by atoms with van der Waals surface area (Å²) in [5.41, 5.74) is 1.60. The van der Waals surface area contributed by atoms with E-state index < -0.39 is 6.10 Å². The van der Waals surface area contributed by atoms with Crippen molar-refractivity contribution in [3.8, 4) is 0 Å². The molecule has 0 fully saturated rings. The smallest absolute Gasteiger partial charge is 0.138 e. The number of para-hydroxylation sites is 1. The molecule has 0 saturated carbocycles. The van der Waals surface area contributed by atoms with Gasteiger partial charge in [0.15, 0.2) is 0 Å². The van der Waals surface area contributed by atoms with E-state index in [4.69, 9.17) is 4.42 Å². The normalized spacial score (nSPS) is 12.8. The topological polar surface area (TPSA) is 33.4 Å². The van der Waals surface area contributed by atoms with Gasteiger partial charge in [0.05, 0.1) is 0 Å². The van der Waals surface area contributed by atoms with Gasteiger partial charge in [0.1, 0.15) is 17.4 Å². The highest BCUT2D eigenvalue weighted by Gasteiger charge is 2.15. The van der Waals surface area contributed by atoms with Gasteiger partial charge in [-0.1, -0.05) is 46.3 Å². The molecule has 1 unspecified atom stereocenters. The number of fused-ring (bicyclic) bond motifs is 1. The lowest BCUT2D eigenvalue weighted by Crippen LogP contribution is -1.97. The van der Waals surface area contributed by atoms with E-state index in [2.05, 4.69) is 15.9 Å². The minimum Gasteiger partial charge on any atom is -0.458 e. The summed E-state index contributed by atoms with van der Waals surface area (Å²) < 4.78 is 6.60. The summed E-state index contributed by atoms with van der Waals surface area (Å²) in [6.07, 6.45) is -0.741. The zero-order valence-electron chi connectivity index (χ0n) is 9.51. The second-order valence-electron chi connectivity index (χ2n) is 4.14. The van der Waals surface area contributed by atoms with Gasteiger partial charge in [0, 0.05) is 9.86 Å². The summed E-state index contributed by atoms with van der Waals surface area (Å²) >= 11 is 3.40. The lowest BCUT2D eigenvalue weighted by atomic mass is 10.1. The number of halogens is 1. The molecular formula is C15H11BrO2. The molecule has 1 aromatic heterocycles. The molecule has 1 atom stereocenters. The zero-order valence-corrected chi connectivity index (χ0v) is 11.1. The number of benzene rings is 2. The maximum absolute atomic E-state index is 10.3. The molecule has 3 aromatic rings. The van der Waals surface area contributed by atoms with E-state index in [1.54, 1.807) is 0 Å². The van der Waals surface area contributed by atoms with Gasteiger partial charge in [-0.05, 0) is 29.8 Å². The Kier molecular flexibility index (Phi) is 2.94. The first-order valence-corrected chi connectivity index (χ1v) is 6.45. The number of furan rings is 1. The molecule has 3 rings (SSSR count). The first-order valence-electron chi connectivity index (χ1n) is 5.66. The summed E-state index contributed by atoms with van der Waals surface area (Å²) in [7, 11) is 0. The van der Waals surface area contributed by atoms with Crippen LogP contribution < -0.4 is 0 Å². The third-order valence-electron chi connectivity index (χ3n) is 2.88. The van der Waals surface area contributed by atoms with Crippen molar-refractivity contribution in [3.63, 3.8) is 0 Å². The van der Waals surface area contributed by atoms with Crippen LogP contribution in [0.1, 0.15) is 17.4 Å². The maximum atomic E-state index is 10.3. The molecule has 1 heterocycles. The monoisotopic (exact) mass is 302 g/mol. The third-order valence-corrected chi connectivity index (χ3v) is 3.37. The Balaban J connectivity index is 2.03. The van der Waals surface area contributed by atoms with Crippen LogP contribution in [0.2, 0.25) is 0 Å². The van der Waals surface area contributed by atoms with Gasteiger partial charge < -0.3 is 9.52 Å². The van der Waals surface area contributed by atoms with Crippen LogP contribution in [0.4, 0.5) is 0 Å². The number of aliphatic hydroxyl groups excluding tert-OH is 1. The fourth-order valence-electron chi connectivity index (χ4n) is 1.98. The van der Waals surface area contributed by atoms with E-state index in [1.807, 2.05) is 54.6 Å². The minimum atomic E-state index is -0.741. The van der Waals surface area contributed by atoms with Gasteiger partial charge in [0.25, 0.3) is 0 Å². The number of rotatable bonds is 2. The average molecular weight is 303 g/mol. The van der Waals surface area contributed by atoms with Crippen molar-refractivity contribution in [2.75, 3.05) is 0 Å². The van der Waals surface area contributed by atoms with Crippen molar-refractivity contribution in [1.29, 1.82) is 0 Å². The van der Waals surface area contributed by atoms with Crippen molar-refractivity contribution >= 4 is 26.9 Å². The van der Waals surface area contributed by atoms with E-state index in [-0.39, 0.29) is 0 Å². The Labute approximate surface area is 113 Å². The highest BCUT2D eigenvalue weighted by atomic mass is 79.9. The highest BCUT2D eigenvalue weighted by molar-refractivity contribution is 9.10. The van der Waals surface area contributed by atoms with Gasteiger partial charge in [-0.2, -0.15) is 0 Å². The molecule has 2 nitrogen and oxygen atoms in total. The Bertz CT molecular complexity index is 655. The van der Waals surface area contributed by atoms with Crippen LogP contribution in [0.5, 0.6) is 0 Å². The number of aliphatic hydroxyl groups is 1. The standard InChI is InChI=1S/C15H11BrO2/c16-12-6-3-5-11(8-12)15(17)14-9-10-4-1-2-7-13(10)18-14/h1-9,15,17H. The minimum absolute atomic E-state index is 0.564. The predicted molar refractivity (Wildman–Crippen MR) is 74.4 cm³/mol. The van der Waals surface area contributed by atoms with Crippen LogP contribution >= 0.6 is 15.9 Å². The maximum Gasteiger partial charge on any atom is 0.138 e. The molecule has 2 aromatic carbocycles. The van der Waals surface area contributed by atoms with Gasteiger partial charge in [-0.25, -0.2) is 0 Å². The molecule has 18 heavy (non-hydrogen) atoms. The quantitative estimate of drug-likeness (QED) is 0.766. The fourth-order valence-corrected chi connectivity index (χ4v) is 2.40. The van der Waals surface area contributed by atoms with Crippen molar-refractivity contribution in [3.05, 3.63) is 70.4 Å². The Morgan fingerprint density at radius 2 is 1.83 bits per heavy atom. The molecule has 0 saturated heterocycles. The van der Waals surface area contributed by atoms with Gasteiger partial charge in [0.2, 0.25) is 0 Å². The molecule has 3 heteroatoms. The molecule has 90 valence electrons. The van der Waals surface area contributed by atoms with Crippen molar-refractivity contribution in [2.45, 2.75) is 6.10 Å². The van der Waals surface area contributed by atoms with Crippen LogP contribution in [-0.2, 0) is 0 Å². The predicted octanol–water partition coefficient (Wildman–Crippen LogP) is 4.28. The van der Waals surface area contributed by atoms with E-state index >= 15 is 0 Å². The second-order valence-corrected chi connectivity index (χ2v) is 5.06. The van der Waals surface area contributed by atoms with E-state index in [0.29, 0.717) is 5.76 Å². The van der Waals surface area contributed by atoms with Gasteiger partial charge in [-0.15, -0.1) is 0 Å². The lowest BCUT2D eigenvalue weighted by molar-refractivity contribution is 0.192. The highest BCUT2D eigenvalue weighted by Crippen LogP contribution is 2.29. The molecule has 1 N–H and O–H groups in total. The first-order chi connectivity index (χ1) is 8.74. The molecule has 0 aliphatic carbocycles. The molecule has 0 spiro atoms. The molecule has 0 bridgehead atoms. The molecule has 0 amide bonds. The summed E-state index contributed by atoms with van der Waals surface area (Å²) in [6.45, 7) is 0. The second kappa shape index (κ2) is 4.59. The first kappa shape index (κ1) is 11.5. The average Bonchev–Trinajstić information content (AvgIpc) is 2.81. The summed E-state index contributed by atoms with van der Waals surface area (Å²) in [5, 5.41) is 11.3. The van der Waals surface area contributed by atoms with Crippen molar-refractivity contribution in [2.24, 2.45) is 0 Å². The van der Waals surface area contributed by atoms with E-state index in [1.165, 1.54) is 0 Å². The van der Waals surface area contributed by atoms with Crippen LogP contribution in [-0.4, -0.2) is 5.11 Å². The molecule has 0 aliphatic rings. The Morgan fingerprint density at radius 3 is 2.61 bits per heavy atom.